The molecule has 1 saturated heterocycles. The molecule has 13 heteroatoms. The van der Waals surface area contributed by atoms with Gasteiger partial charge in [-0.2, -0.15) is 10.1 Å². The monoisotopic (exact) mass is 597 g/mol. The quantitative estimate of drug-likeness (QED) is 0.281. The molecule has 2 aliphatic rings. The van der Waals surface area contributed by atoms with Crippen LogP contribution in [0, 0.1) is 5.82 Å². The third-order valence-electron chi connectivity index (χ3n) is 7.11. The van der Waals surface area contributed by atoms with Crippen LogP contribution in [0.3, 0.4) is 0 Å². The highest BCUT2D eigenvalue weighted by atomic mass is 35.5. The Hall–Kier alpha value is -4.42. The Bertz CT molecular complexity index is 1770. The summed E-state index contributed by atoms with van der Waals surface area (Å²) in [6.07, 6.45) is 2.37. The van der Waals surface area contributed by atoms with Crippen molar-refractivity contribution in [1.82, 2.24) is 19.5 Å². The van der Waals surface area contributed by atoms with Gasteiger partial charge >= 0.3 is 5.97 Å². The van der Waals surface area contributed by atoms with E-state index in [1.165, 1.54) is 18.2 Å². The lowest BCUT2D eigenvalue weighted by Gasteiger charge is -2.30. The Balaban J connectivity index is 1.21. The number of hydrazone groups is 1. The second kappa shape index (κ2) is 11.8. The lowest BCUT2D eigenvalue weighted by molar-refractivity contribution is -0.0592. The van der Waals surface area contributed by atoms with Crippen LogP contribution >= 0.6 is 11.6 Å². The largest absolute Gasteiger partial charge is 0.494 e. The first-order valence-electron chi connectivity index (χ1n) is 14.7. The van der Waals surface area contributed by atoms with Gasteiger partial charge in [0.1, 0.15) is 41.7 Å². The number of benzene rings is 2. The van der Waals surface area contributed by atoms with Crippen molar-refractivity contribution in [3.63, 3.8) is 0 Å². The zero-order valence-corrected chi connectivity index (χ0v) is 23.0. The van der Waals surface area contributed by atoms with Crippen molar-refractivity contribution >= 4 is 40.8 Å². The van der Waals surface area contributed by atoms with Crippen molar-refractivity contribution < 1.29 is 32.6 Å². The number of hydrogen-bond donors (Lipinski definition) is 1. The fourth-order valence-corrected chi connectivity index (χ4v) is 4.92. The van der Waals surface area contributed by atoms with Crippen LogP contribution in [-0.4, -0.2) is 69.8 Å². The van der Waals surface area contributed by atoms with Crippen LogP contribution in [0.25, 0.3) is 11.0 Å². The van der Waals surface area contributed by atoms with Crippen molar-refractivity contribution in [2.24, 2.45) is 5.10 Å². The van der Waals surface area contributed by atoms with Gasteiger partial charge in [0.25, 0.3) is 0 Å². The van der Waals surface area contributed by atoms with Crippen LogP contribution in [0.15, 0.2) is 53.6 Å². The molecule has 2 aromatic heterocycles. The van der Waals surface area contributed by atoms with Crippen LogP contribution < -0.4 is 14.4 Å². The number of pyridine rings is 1. The van der Waals surface area contributed by atoms with Gasteiger partial charge in [0.05, 0.1) is 48.0 Å². The summed E-state index contributed by atoms with van der Waals surface area (Å²) in [6.45, 7) is 2.29. The molecule has 0 unspecified atom stereocenters. The van der Waals surface area contributed by atoms with Gasteiger partial charge in [0, 0.05) is 29.8 Å². The first-order valence-corrected chi connectivity index (χ1v) is 13.6. The molecule has 1 fully saturated rings. The number of halogens is 2. The number of fused-ring (bicyclic) bond motifs is 1. The molecule has 0 saturated carbocycles. The third-order valence-corrected chi connectivity index (χ3v) is 7.34. The van der Waals surface area contributed by atoms with E-state index < -0.39 is 18.8 Å². The predicted octanol–water partition coefficient (Wildman–Crippen LogP) is 4.56. The van der Waals surface area contributed by atoms with Crippen LogP contribution in [0.4, 0.5) is 10.2 Å². The molecule has 4 heterocycles. The molecule has 0 aliphatic carbocycles. The number of aromatic carboxylic acids is 1. The van der Waals surface area contributed by atoms with E-state index in [4.69, 9.17) is 34.9 Å². The van der Waals surface area contributed by atoms with Gasteiger partial charge in [-0.3, -0.25) is 5.01 Å². The SMILES string of the molecule is [2H]C([2H])([2H])Oc1cc(C(=O)O)cc2c1nc(CN1CCN(c3cccc(OCc4ccc(Cl)cc4F)n3)C=N1)n2C[C@@H]1CCO1. The van der Waals surface area contributed by atoms with E-state index in [-0.39, 0.29) is 36.1 Å². The standard InChI is InChI=1S/C29H28ClFN6O5/c1-40-24-12-19(29(38)39)11-23-28(24)34-26(37(23)14-21-7-10-41-21)15-36-9-8-35(17-32-36)25-3-2-4-27(33-25)42-16-18-5-6-20(30)13-22(18)31/h2-6,11-13,17,21H,7-10,14-16H2,1H3,(H,38,39)/t21-/m0/s1/i1D3. The number of carbonyl (C=O) groups is 1. The second-order valence-electron chi connectivity index (χ2n) is 9.84. The van der Waals surface area contributed by atoms with Crippen molar-refractivity contribution in [3.05, 3.63) is 76.3 Å². The van der Waals surface area contributed by atoms with Gasteiger partial charge in [-0.05, 0) is 36.8 Å². The molecule has 11 nitrogen and oxygen atoms in total. The molecule has 42 heavy (non-hydrogen) atoms. The molecule has 0 spiro atoms. The fraction of sp³-hybridized carbons (Fsp3) is 0.310. The van der Waals surface area contributed by atoms with Gasteiger partial charge in [-0.25, -0.2) is 14.2 Å². The lowest BCUT2D eigenvalue weighted by atomic mass is 10.1. The molecule has 1 atom stereocenters. The maximum atomic E-state index is 14.1. The first-order chi connectivity index (χ1) is 21.5. The number of carboxylic acid groups (broad SMARTS) is 1. The van der Waals surface area contributed by atoms with Crippen LogP contribution in [0.5, 0.6) is 11.6 Å². The van der Waals surface area contributed by atoms with E-state index in [1.54, 1.807) is 35.6 Å². The molecule has 218 valence electrons. The van der Waals surface area contributed by atoms with Gasteiger partial charge in [0.2, 0.25) is 5.88 Å². The highest BCUT2D eigenvalue weighted by molar-refractivity contribution is 6.30. The molecule has 2 aromatic carbocycles. The number of aromatic nitrogens is 3. The molecule has 0 radical (unpaired) electrons. The summed E-state index contributed by atoms with van der Waals surface area (Å²) < 4.78 is 55.2. The van der Waals surface area contributed by atoms with Crippen LogP contribution in [-0.2, 0) is 24.4 Å². The van der Waals surface area contributed by atoms with Crippen molar-refractivity contribution in [2.45, 2.75) is 32.2 Å². The van der Waals surface area contributed by atoms with Crippen molar-refractivity contribution in [1.29, 1.82) is 0 Å². The van der Waals surface area contributed by atoms with Gasteiger partial charge in [-0.1, -0.05) is 23.7 Å². The number of methoxy groups -OCH3 is 1. The van der Waals surface area contributed by atoms with E-state index in [0.29, 0.717) is 59.9 Å². The van der Waals surface area contributed by atoms with E-state index in [2.05, 4.69) is 10.1 Å². The Kier molecular flexibility index (Phi) is 6.81. The van der Waals surface area contributed by atoms with Gasteiger partial charge in [-0.15, -0.1) is 0 Å². The first kappa shape index (κ1) is 24.2. The summed E-state index contributed by atoms with van der Waals surface area (Å²) >= 11 is 5.83. The molecular formula is C29H28ClFN6O5. The Labute approximate surface area is 249 Å². The average Bonchev–Trinajstić information content (AvgIpc) is 3.31. The molecular weight excluding hydrogens is 567 g/mol. The minimum Gasteiger partial charge on any atom is -0.494 e. The average molecular weight is 598 g/mol. The zero-order chi connectivity index (χ0) is 31.7. The third kappa shape index (κ3) is 5.81. The van der Waals surface area contributed by atoms with E-state index in [1.807, 2.05) is 15.5 Å². The smallest absolute Gasteiger partial charge is 0.335 e. The number of hydrogen-bond acceptors (Lipinski definition) is 9. The maximum absolute atomic E-state index is 14.1. The normalized spacial score (nSPS) is 17.9. The Morgan fingerprint density at radius 3 is 2.83 bits per heavy atom. The number of imidazole rings is 1. The molecule has 6 rings (SSSR count). The number of rotatable bonds is 10. The minimum atomic E-state index is -2.80. The van der Waals surface area contributed by atoms with E-state index >= 15 is 0 Å². The van der Waals surface area contributed by atoms with Gasteiger partial charge < -0.3 is 28.8 Å². The summed E-state index contributed by atoms with van der Waals surface area (Å²) in [4.78, 5) is 22.9. The molecule has 0 amide bonds. The Morgan fingerprint density at radius 1 is 1.24 bits per heavy atom. The van der Waals surface area contributed by atoms with Crippen LogP contribution in [0.2, 0.25) is 5.02 Å². The zero-order valence-electron chi connectivity index (χ0n) is 25.2. The topological polar surface area (TPSA) is 115 Å². The van der Waals surface area contributed by atoms with Crippen molar-refractivity contribution in [3.8, 4) is 11.6 Å². The number of carboxylic acids is 1. The molecule has 1 N–H and O–H groups in total. The number of ether oxygens (including phenoxy) is 3. The van der Waals surface area contributed by atoms with E-state index in [0.717, 1.165) is 6.42 Å². The summed E-state index contributed by atoms with van der Waals surface area (Å²) in [5.74, 6) is -0.358. The van der Waals surface area contributed by atoms with Crippen LogP contribution in [0.1, 0.15) is 32.3 Å². The number of anilines is 1. The number of nitrogens with zero attached hydrogens (tertiary/aromatic N) is 6. The summed E-state index contributed by atoms with van der Waals surface area (Å²) in [6, 6.07) is 12.3. The van der Waals surface area contributed by atoms with Gasteiger partial charge in [0.15, 0.2) is 0 Å². The summed E-state index contributed by atoms with van der Waals surface area (Å²) in [7, 11) is -2.80. The maximum Gasteiger partial charge on any atom is 0.335 e. The summed E-state index contributed by atoms with van der Waals surface area (Å²) in [5, 5.41) is 16.4. The molecule has 0 bridgehead atoms. The highest BCUT2D eigenvalue weighted by Crippen LogP contribution is 2.30. The highest BCUT2D eigenvalue weighted by Gasteiger charge is 2.25. The minimum absolute atomic E-state index is 0.0126. The fourth-order valence-electron chi connectivity index (χ4n) is 4.76. The predicted molar refractivity (Wildman–Crippen MR) is 154 cm³/mol. The Morgan fingerprint density at radius 2 is 2.12 bits per heavy atom. The molecule has 4 aromatic rings. The summed E-state index contributed by atoms with van der Waals surface area (Å²) in [5.41, 5.74) is 0.912. The van der Waals surface area contributed by atoms with E-state index in [9.17, 15) is 14.3 Å². The lowest BCUT2D eigenvalue weighted by Crippen LogP contribution is -2.38. The molecule has 2 aliphatic heterocycles. The van der Waals surface area contributed by atoms with Crippen molar-refractivity contribution in [2.75, 3.05) is 31.6 Å². The second-order valence-corrected chi connectivity index (χ2v) is 10.3.